The lowest BCUT2D eigenvalue weighted by atomic mass is 10.1. The summed E-state index contributed by atoms with van der Waals surface area (Å²) < 4.78 is 7.22. The number of H-pyrrole nitrogens is 1. The minimum absolute atomic E-state index is 0.264. The Morgan fingerprint density at radius 1 is 1.15 bits per heavy atom. The molecule has 0 atom stereocenters. The number of nitrogens with one attached hydrogen (secondary N) is 2. The normalized spacial score (nSPS) is 15.5. The summed E-state index contributed by atoms with van der Waals surface area (Å²) in [5.41, 5.74) is 0.968. The van der Waals surface area contributed by atoms with Crippen molar-refractivity contribution in [3.63, 3.8) is 0 Å². The van der Waals surface area contributed by atoms with Crippen LogP contribution in [0.5, 0.6) is 5.75 Å². The second-order valence-corrected chi connectivity index (χ2v) is 6.71. The lowest BCUT2D eigenvalue weighted by molar-refractivity contribution is 0.227. The highest BCUT2D eigenvalue weighted by Crippen LogP contribution is 2.25. The van der Waals surface area contributed by atoms with Crippen molar-refractivity contribution < 1.29 is 4.74 Å². The van der Waals surface area contributed by atoms with E-state index in [2.05, 4.69) is 22.1 Å². The Kier molecular flexibility index (Phi) is 6.11. The first-order valence-electron chi connectivity index (χ1n) is 9.49. The number of rotatable bonds is 7. The van der Waals surface area contributed by atoms with Crippen LogP contribution in [0.15, 0.2) is 21.7 Å². The van der Waals surface area contributed by atoms with Crippen LogP contribution in [-0.2, 0) is 13.1 Å². The molecule has 2 heterocycles. The van der Waals surface area contributed by atoms with Crippen LogP contribution in [0.1, 0.15) is 32.3 Å². The highest BCUT2D eigenvalue weighted by molar-refractivity contribution is 5.80. The molecule has 0 spiro atoms. The average molecular weight is 360 g/mol. The average Bonchev–Trinajstić information content (AvgIpc) is 2.64. The van der Waals surface area contributed by atoms with Crippen LogP contribution in [0.2, 0.25) is 0 Å². The van der Waals surface area contributed by atoms with Gasteiger partial charge in [-0.3, -0.25) is 14.3 Å². The van der Waals surface area contributed by atoms with Crippen LogP contribution in [0.25, 0.3) is 10.9 Å². The van der Waals surface area contributed by atoms with Crippen molar-refractivity contribution in [3.8, 4) is 5.75 Å². The summed E-state index contributed by atoms with van der Waals surface area (Å²) in [6.07, 6.45) is 2.02. The molecule has 0 saturated carbocycles. The largest absolute Gasteiger partial charge is 0.493 e. The lowest BCUT2D eigenvalue weighted by Crippen LogP contribution is -2.43. The first-order valence-corrected chi connectivity index (χ1v) is 9.49. The number of fused-ring (bicyclic) bond motifs is 1. The van der Waals surface area contributed by atoms with Gasteiger partial charge in [0.05, 0.1) is 17.5 Å². The first-order chi connectivity index (χ1) is 12.6. The van der Waals surface area contributed by atoms with Gasteiger partial charge in [-0.05, 0) is 25.5 Å². The number of piperazine rings is 1. The maximum atomic E-state index is 12.6. The molecule has 1 fully saturated rings. The fourth-order valence-corrected chi connectivity index (χ4v) is 3.31. The molecule has 2 aromatic rings. The summed E-state index contributed by atoms with van der Waals surface area (Å²) in [4.78, 5) is 30.0. The van der Waals surface area contributed by atoms with Crippen molar-refractivity contribution in [2.24, 2.45) is 0 Å². The van der Waals surface area contributed by atoms with Crippen LogP contribution in [0.4, 0.5) is 0 Å². The Morgan fingerprint density at radius 3 is 2.62 bits per heavy atom. The van der Waals surface area contributed by atoms with Gasteiger partial charge in [0.1, 0.15) is 5.75 Å². The van der Waals surface area contributed by atoms with E-state index >= 15 is 0 Å². The summed E-state index contributed by atoms with van der Waals surface area (Å²) in [6, 6.07) is 3.70. The van der Waals surface area contributed by atoms with Gasteiger partial charge in [0.15, 0.2) is 0 Å². The van der Waals surface area contributed by atoms with E-state index in [1.807, 2.05) is 6.07 Å². The summed E-state index contributed by atoms with van der Waals surface area (Å²) in [7, 11) is 0. The molecule has 1 aliphatic heterocycles. The Morgan fingerprint density at radius 2 is 1.92 bits per heavy atom. The van der Waals surface area contributed by atoms with Crippen molar-refractivity contribution in [1.82, 2.24) is 19.8 Å². The van der Waals surface area contributed by atoms with Crippen LogP contribution < -0.4 is 21.3 Å². The number of hydrogen-bond donors (Lipinski definition) is 2. The number of aromatic nitrogens is 2. The van der Waals surface area contributed by atoms with Gasteiger partial charge in [0, 0.05) is 44.8 Å². The molecule has 7 heteroatoms. The van der Waals surface area contributed by atoms with E-state index in [4.69, 9.17) is 4.74 Å². The second kappa shape index (κ2) is 8.51. The Hall–Kier alpha value is -2.12. The van der Waals surface area contributed by atoms with Gasteiger partial charge in [-0.2, -0.15) is 0 Å². The van der Waals surface area contributed by atoms with Crippen molar-refractivity contribution in [3.05, 3.63) is 38.5 Å². The molecule has 1 saturated heterocycles. The van der Waals surface area contributed by atoms with Gasteiger partial charge in [-0.1, -0.05) is 13.3 Å². The molecule has 142 valence electrons. The maximum absolute atomic E-state index is 12.6. The predicted octanol–water partition coefficient (Wildman–Crippen LogP) is 1.29. The number of aromatic amines is 1. The van der Waals surface area contributed by atoms with Crippen LogP contribution in [0, 0.1) is 0 Å². The lowest BCUT2D eigenvalue weighted by Gasteiger charge is -2.28. The molecule has 0 radical (unpaired) electrons. The van der Waals surface area contributed by atoms with Gasteiger partial charge in [0.2, 0.25) is 0 Å². The molecular formula is C19H28N4O3. The van der Waals surface area contributed by atoms with Gasteiger partial charge >= 0.3 is 5.69 Å². The van der Waals surface area contributed by atoms with Crippen molar-refractivity contribution in [1.29, 1.82) is 0 Å². The third-order valence-corrected chi connectivity index (χ3v) is 4.84. The predicted molar refractivity (Wildman–Crippen MR) is 103 cm³/mol. The Balaban J connectivity index is 2.03. The summed E-state index contributed by atoms with van der Waals surface area (Å²) in [6.45, 7) is 9.52. The molecule has 0 amide bonds. The van der Waals surface area contributed by atoms with Gasteiger partial charge in [-0.15, -0.1) is 0 Å². The number of unbranched alkanes of at least 4 members (excludes halogenated alkanes) is 1. The number of nitrogens with zero attached hydrogens (tertiary/aromatic N) is 2. The number of hydrogen-bond acceptors (Lipinski definition) is 5. The smallest absolute Gasteiger partial charge is 0.328 e. The van der Waals surface area contributed by atoms with E-state index < -0.39 is 0 Å². The maximum Gasteiger partial charge on any atom is 0.328 e. The molecule has 0 unspecified atom stereocenters. The first kappa shape index (κ1) is 18.7. The standard InChI is InChI=1S/C19H28N4O3/c1-3-5-10-26-17-12-15-16(21-19(25)23(4-2)18(15)24)11-14(17)13-22-8-6-20-7-9-22/h11-12,20H,3-10,13H2,1-2H3,(H,21,25). The summed E-state index contributed by atoms with van der Waals surface area (Å²) in [5.74, 6) is 0.747. The van der Waals surface area contributed by atoms with E-state index in [1.54, 1.807) is 13.0 Å². The van der Waals surface area contributed by atoms with E-state index in [0.717, 1.165) is 56.9 Å². The molecule has 26 heavy (non-hydrogen) atoms. The van der Waals surface area contributed by atoms with E-state index in [1.165, 1.54) is 4.57 Å². The van der Waals surface area contributed by atoms with E-state index in [-0.39, 0.29) is 11.2 Å². The highest BCUT2D eigenvalue weighted by Gasteiger charge is 2.16. The molecule has 0 bridgehead atoms. The minimum atomic E-state index is -0.363. The highest BCUT2D eigenvalue weighted by atomic mass is 16.5. The van der Waals surface area contributed by atoms with Gasteiger partial charge < -0.3 is 15.0 Å². The Bertz CT molecular complexity index is 865. The zero-order valence-corrected chi connectivity index (χ0v) is 15.6. The monoisotopic (exact) mass is 360 g/mol. The number of benzene rings is 1. The molecule has 7 nitrogen and oxygen atoms in total. The molecule has 1 aromatic carbocycles. The number of ether oxygens (including phenoxy) is 1. The van der Waals surface area contributed by atoms with Crippen LogP contribution in [0.3, 0.4) is 0 Å². The molecule has 0 aliphatic carbocycles. The van der Waals surface area contributed by atoms with Crippen molar-refractivity contribution >= 4 is 10.9 Å². The van der Waals surface area contributed by atoms with Gasteiger partial charge in [0.25, 0.3) is 5.56 Å². The van der Waals surface area contributed by atoms with E-state index in [9.17, 15) is 9.59 Å². The molecule has 1 aromatic heterocycles. The Labute approximate surface area is 153 Å². The molecule has 3 rings (SSSR count). The second-order valence-electron chi connectivity index (χ2n) is 6.71. The van der Waals surface area contributed by atoms with Crippen LogP contribution >= 0.6 is 0 Å². The van der Waals surface area contributed by atoms with Crippen molar-refractivity contribution in [2.75, 3.05) is 32.8 Å². The fourth-order valence-electron chi connectivity index (χ4n) is 3.31. The topological polar surface area (TPSA) is 79.4 Å². The minimum Gasteiger partial charge on any atom is -0.493 e. The van der Waals surface area contributed by atoms with Crippen molar-refractivity contribution in [2.45, 2.75) is 39.8 Å². The molecule has 2 N–H and O–H groups in total. The quantitative estimate of drug-likeness (QED) is 0.728. The molecule has 1 aliphatic rings. The van der Waals surface area contributed by atoms with Crippen LogP contribution in [-0.4, -0.2) is 47.2 Å². The third-order valence-electron chi connectivity index (χ3n) is 4.84. The SMILES string of the molecule is CCCCOc1cc2c(=O)n(CC)c(=O)[nH]c2cc1CN1CCNCC1. The fraction of sp³-hybridized carbons (Fsp3) is 0.579. The zero-order valence-electron chi connectivity index (χ0n) is 15.6. The zero-order chi connectivity index (χ0) is 18.5. The summed E-state index contributed by atoms with van der Waals surface area (Å²) >= 11 is 0. The van der Waals surface area contributed by atoms with E-state index in [0.29, 0.717) is 24.1 Å². The summed E-state index contributed by atoms with van der Waals surface area (Å²) in [5, 5.41) is 3.85. The van der Waals surface area contributed by atoms with Gasteiger partial charge in [-0.25, -0.2) is 4.79 Å². The third kappa shape index (κ3) is 3.99. The molecular weight excluding hydrogens is 332 g/mol.